The first-order valence-corrected chi connectivity index (χ1v) is 10.2. The van der Waals surface area contributed by atoms with Crippen molar-refractivity contribution >= 4 is 17.2 Å². The summed E-state index contributed by atoms with van der Waals surface area (Å²) < 4.78 is 1.74. The van der Waals surface area contributed by atoms with Crippen molar-refractivity contribution in [3.63, 3.8) is 0 Å². The van der Waals surface area contributed by atoms with Crippen LogP contribution in [-0.4, -0.2) is 31.2 Å². The quantitative estimate of drug-likeness (QED) is 0.809. The zero-order valence-corrected chi connectivity index (χ0v) is 16.0. The highest BCUT2D eigenvalue weighted by Gasteiger charge is 2.11. The van der Waals surface area contributed by atoms with Crippen molar-refractivity contribution in [2.75, 3.05) is 0 Å². The van der Waals surface area contributed by atoms with Crippen LogP contribution in [0.15, 0.2) is 0 Å². The number of aromatic nitrogens is 4. The summed E-state index contributed by atoms with van der Waals surface area (Å²) in [5, 5.41) is 15.2. The molecule has 1 aromatic heterocycles. The van der Waals surface area contributed by atoms with Crippen molar-refractivity contribution < 1.29 is 0 Å². The van der Waals surface area contributed by atoms with Gasteiger partial charge in [-0.3, -0.25) is 0 Å². The van der Waals surface area contributed by atoms with E-state index in [1.165, 1.54) is 70.6 Å². The summed E-state index contributed by atoms with van der Waals surface area (Å²) in [5.74, 6) is 0.934. The van der Waals surface area contributed by atoms with Gasteiger partial charge in [-0.1, -0.05) is 70.0 Å². The van der Waals surface area contributed by atoms with E-state index in [4.69, 9.17) is 12.2 Å². The molecule has 0 atom stereocenters. The summed E-state index contributed by atoms with van der Waals surface area (Å²) in [4.78, 5) is 1.02. The smallest absolute Gasteiger partial charge is 0.150 e. The summed E-state index contributed by atoms with van der Waals surface area (Å²) >= 11 is 5.58. The molecular formula is C18H33N5S. The number of hydrogen-bond acceptors (Lipinski definition) is 4. The molecule has 1 aromatic rings. The van der Waals surface area contributed by atoms with E-state index in [-0.39, 0.29) is 0 Å². The van der Waals surface area contributed by atoms with Gasteiger partial charge in [-0.05, 0) is 36.1 Å². The maximum atomic E-state index is 5.58. The number of tetrazole rings is 1. The summed E-state index contributed by atoms with van der Waals surface area (Å²) in [6.07, 6.45) is 17.9. The van der Waals surface area contributed by atoms with Crippen LogP contribution >= 0.6 is 12.2 Å². The first kappa shape index (κ1) is 19.3. The minimum absolute atomic E-state index is 0.577. The maximum absolute atomic E-state index is 5.58. The number of nitrogens with one attached hydrogen (secondary N) is 1. The average Bonchev–Trinajstić information content (AvgIpc) is 2.95. The van der Waals surface area contributed by atoms with Crippen LogP contribution in [0.1, 0.15) is 89.3 Å². The van der Waals surface area contributed by atoms with Gasteiger partial charge in [-0.2, -0.15) is 0 Å². The minimum Gasteiger partial charge on any atom is -0.377 e. The predicted octanol–water partition coefficient (Wildman–Crippen LogP) is 4.12. The molecule has 1 fully saturated rings. The highest BCUT2D eigenvalue weighted by Crippen LogP contribution is 2.17. The van der Waals surface area contributed by atoms with Gasteiger partial charge in [0.2, 0.25) is 0 Å². The van der Waals surface area contributed by atoms with Crippen LogP contribution < -0.4 is 5.32 Å². The van der Waals surface area contributed by atoms with Crippen molar-refractivity contribution in [3.05, 3.63) is 5.82 Å². The van der Waals surface area contributed by atoms with E-state index in [0.717, 1.165) is 30.1 Å². The molecule has 0 radical (unpaired) electrons. The van der Waals surface area contributed by atoms with Crippen LogP contribution in [0.25, 0.3) is 0 Å². The van der Waals surface area contributed by atoms with Gasteiger partial charge in [-0.15, -0.1) is 5.10 Å². The first-order chi connectivity index (χ1) is 11.8. The van der Waals surface area contributed by atoms with Gasteiger partial charge in [-0.25, -0.2) is 4.68 Å². The molecule has 0 aromatic carbocycles. The van der Waals surface area contributed by atoms with E-state index >= 15 is 0 Å². The molecule has 1 aliphatic rings. The van der Waals surface area contributed by atoms with Gasteiger partial charge in [0.05, 0.1) is 4.99 Å². The zero-order chi connectivity index (χ0) is 17.0. The fourth-order valence-electron chi connectivity index (χ4n) is 3.47. The Kier molecular flexibility index (Phi) is 9.24. The molecule has 0 amide bonds. The van der Waals surface area contributed by atoms with Gasteiger partial charge in [0.25, 0.3) is 0 Å². The molecule has 0 aliphatic heterocycles. The monoisotopic (exact) mass is 351 g/mol. The standard InChI is InChI=1S/C18H33N5S/c1-23-17(20-21-22-23)14-11-15-18(24)19-16-12-9-7-5-3-2-4-6-8-10-13-16/h16H,2-15H2,1H3,(H,19,24). The molecule has 24 heavy (non-hydrogen) atoms. The summed E-state index contributed by atoms with van der Waals surface area (Å²) in [5.41, 5.74) is 0. The van der Waals surface area contributed by atoms with E-state index in [1.54, 1.807) is 4.68 Å². The Balaban J connectivity index is 1.67. The molecule has 1 heterocycles. The van der Waals surface area contributed by atoms with Crippen molar-refractivity contribution in [2.24, 2.45) is 7.05 Å². The molecule has 0 bridgehead atoms. The predicted molar refractivity (Wildman–Crippen MR) is 102 cm³/mol. The van der Waals surface area contributed by atoms with Crippen LogP contribution in [0.5, 0.6) is 0 Å². The fraction of sp³-hybridized carbons (Fsp3) is 0.889. The molecule has 6 heteroatoms. The highest BCUT2D eigenvalue weighted by atomic mass is 32.1. The lowest BCUT2D eigenvalue weighted by atomic mass is 9.98. The third-order valence-corrected chi connectivity index (χ3v) is 5.30. The molecule has 0 unspecified atom stereocenters. The third kappa shape index (κ3) is 7.69. The number of hydrogen-bond donors (Lipinski definition) is 1. The van der Waals surface area contributed by atoms with Crippen LogP contribution in [0.3, 0.4) is 0 Å². The number of thiocarbonyl (C=S) groups is 1. The Morgan fingerprint density at radius 2 is 1.62 bits per heavy atom. The van der Waals surface area contributed by atoms with Gasteiger partial charge >= 0.3 is 0 Å². The van der Waals surface area contributed by atoms with Crippen LogP contribution in [0, 0.1) is 0 Å². The molecule has 136 valence electrons. The molecule has 0 spiro atoms. The zero-order valence-electron chi connectivity index (χ0n) is 15.2. The average molecular weight is 352 g/mol. The third-order valence-electron chi connectivity index (χ3n) is 4.98. The highest BCUT2D eigenvalue weighted by molar-refractivity contribution is 7.80. The Labute approximate surface area is 152 Å². The molecule has 1 saturated carbocycles. The second-order valence-electron chi connectivity index (χ2n) is 7.10. The SMILES string of the molecule is Cn1nnnc1CCCC(=S)NC1CCCCCCCCCCC1. The maximum Gasteiger partial charge on any atom is 0.150 e. The van der Waals surface area contributed by atoms with E-state index < -0.39 is 0 Å². The van der Waals surface area contributed by atoms with Crippen LogP contribution in [-0.2, 0) is 13.5 Å². The molecule has 1 aliphatic carbocycles. The number of nitrogens with zero attached hydrogens (tertiary/aromatic N) is 4. The number of rotatable bonds is 5. The largest absolute Gasteiger partial charge is 0.377 e. The Morgan fingerprint density at radius 1 is 1.04 bits per heavy atom. The lowest BCUT2D eigenvalue weighted by Crippen LogP contribution is -2.33. The molecule has 2 rings (SSSR count). The van der Waals surface area contributed by atoms with Crippen molar-refractivity contribution in [1.82, 2.24) is 25.5 Å². The first-order valence-electron chi connectivity index (χ1n) is 9.76. The lowest BCUT2D eigenvalue weighted by Gasteiger charge is -2.21. The van der Waals surface area contributed by atoms with Crippen molar-refractivity contribution in [2.45, 2.75) is 95.9 Å². The second-order valence-corrected chi connectivity index (χ2v) is 7.59. The molecule has 5 nitrogen and oxygen atoms in total. The van der Waals surface area contributed by atoms with E-state index in [9.17, 15) is 0 Å². The Morgan fingerprint density at radius 3 is 2.17 bits per heavy atom. The normalized spacial score (nSPS) is 18.5. The van der Waals surface area contributed by atoms with Crippen molar-refractivity contribution in [1.29, 1.82) is 0 Å². The fourth-order valence-corrected chi connectivity index (χ4v) is 3.79. The summed E-state index contributed by atoms with van der Waals surface area (Å²) in [6, 6.07) is 0.577. The van der Waals surface area contributed by atoms with Gasteiger partial charge in [0.15, 0.2) is 5.82 Å². The van der Waals surface area contributed by atoms with Crippen LogP contribution in [0.2, 0.25) is 0 Å². The Bertz CT molecular complexity index is 462. The summed E-state index contributed by atoms with van der Waals surface area (Å²) in [7, 11) is 1.89. The van der Waals surface area contributed by atoms with E-state index in [0.29, 0.717) is 6.04 Å². The molecule has 0 saturated heterocycles. The number of aryl methyl sites for hydroxylation is 2. The minimum atomic E-state index is 0.577. The van der Waals surface area contributed by atoms with Gasteiger partial charge in [0, 0.05) is 19.5 Å². The van der Waals surface area contributed by atoms with E-state index in [1.807, 2.05) is 7.05 Å². The lowest BCUT2D eigenvalue weighted by molar-refractivity contribution is 0.442. The topological polar surface area (TPSA) is 55.6 Å². The van der Waals surface area contributed by atoms with Gasteiger partial charge < -0.3 is 5.32 Å². The second kappa shape index (κ2) is 11.5. The molecular weight excluding hydrogens is 318 g/mol. The van der Waals surface area contributed by atoms with Crippen molar-refractivity contribution in [3.8, 4) is 0 Å². The molecule has 1 N–H and O–H groups in total. The van der Waals surface area contributed by atoms with Gasteiger partial charge in [0.1, 0.15) is 0 Å². The van der Waals surface area contributed by atoms with E-state index in [2.05, 4.69) is 20.8 Å². The summed E-state index contributed by atoms with van der Waals surface area (Å²) in [6.45, 7) is 0. The van der Waals surface area contributed by atoms with Crippen LogP contribution in [0.4, 0.5) is 0 Å². The Hall–Kier alpha value is -1.04.